The topological polar surface area (TPSA) is 91.4 Å². The Balaban J connectivity index is 1.93. The number of nitrogens with zero attached hydrogens (tertiary/aromatic N) is 2. The van der Waals surface area contributed by atoms with Crippen LogP contribution in [0.2, 0.25) is 0 Å². The molecule has 1 aliphatic heterocycles. The van der Waals surface area contributed by atoms with Crippen molar-refractivity contribution in [2.24, 2.45) is 0 Å². The Morgan fingerprint density at radius 1 is 1.41 bits per heavy atom. The maximum absolute atomic E-state index is 12.0. The van der Waals surface area contributed by atoms with E-state index in [1.54, 1.807) is 12.3 Å². The van der Waals surface area contributed by atoms with Gasteiger partial charge >= 0.3 is 0 Å². The van der Waals surface area contributed by atoms with E-state index in [2.05, 4.69) is 15.6 Å². The van der Waals surface area contributed by atoms with E-state index < -0.39 is 9.84 Å². The zero-order valence-corrected chi connectivity index (χ0v) is 13.7. The number of amides is 1. The first-order chi connectivity index (χ1) is 10.4. The Kier molecular flexibility index (Phi) is 5.36. The number of aromatic nitrogens is 1. The SMILES string of the molecule is CN(C)CCNC(=O)c1cncc(NC2CCS(=O)(=O)C2)c1. The minimum atomic E-state index is -2.93. The van der Waals surface area contributed by atoms with Crippen LogP contribution in [-0.2, 0) is 9.84 Å². The molecular weight excluding hydrogens is 304 g/mol. The molecule has 122 valence electrons. The average molecular weight is 326 g/mol. The van der Waals surface area contributed by atoms with Gasteiger partial charge < -0.3 is 15.5 Å². The molecule has 7 nitrogen and oxygen atoms in total. The third-order valence-electron chi connectivity index (χ3n) is 3.45. The van der Waals surface area contributed by atoms with Gasteiger partial charge in [0.05, 0.1) is 22.8 Å². The van der Waals surface area contributed by atoms with Gasteiger partial charge in [0.2, 0.25) is 0 Å². The molecule has 2 N–H and O–H groups in total. The highest BCUT2D eigenvalue weighted by atomic mass is 32.2. The molecule has 0 radical (unpaired) electrons. The van der Waals surface area contributed by atoms with Crippen molar-refractivity contribution in [2.75, 3.05) is 44.0 Å². The first-order valence-electron chi connectivity index (χ1n) is 7.21. The van der Waals surface area contributed by atoms with Gasteiger partial charge in [0, 0.05) is 31.5 Å². The molecule has 0 aromatic carbocycles. The van der Waals surface area contributed by atoms with Crippen LogP contribution in [0, 0.1) is 0 Å². The van der Waals surface area contributed by atoms with E-state index in [-0.39, 0.29) is 23.5 Å². The lowest BCUT2D eigenvalue weighted by Crippen LogP contribution is -2.31. The fraction of sp³-hybridized carbons (Fsp3) is 0.571. The molecule has 22 heavy (non-hydrogen) atoms. The third-order valence-corrected chi connectivity index (χ3v) is 5.22. The van der Waals surface area contributed by atoms with Crippen molar-refractivity contribution in [2.45, 2.75) is 12.5 Å². The van der Waals surface area contributed by atoms with Crippen LogP contribution in [0.25, 0.3) is 0 Å². The Morgan fingerprint density at radius 3 is 2.82 bits per heavy atom. The van der Waals surface area contributed by atoms with Crippen molar-refractivity contribution >= 4 is 21.4 Å². The molecule has 1 unspecified atom stereocenters. The van der Waals surface area contributed by atoms with Crippen molar-refractivity contribution in [3.63, 3.8) is 0 Å². The summed E-state index contributed by atoms with van der Waals surface area (Å²) in [6.07, 6.45) is 3.69. The molecule has 1 aliphatic rings. The van der Waals surface area contributed by atoms with Crippen LogP contribution >= 0.6 is 0 Å². The number of rotatable bonds is 6. The van der Waals surface area contributed by atoms with Crippen LogP contribution in [0.15, 0.2) is 18.5 Å². The molecule has 1 saturated heterocycles. The molecular formula is C14H22N4O3S. The van der Waals surface area contributed by atoms with Gasteiger partial charge in [-0.3, -0.25) is 9.78 Å². The van der Waals surface area contributed by atoms with Crippen molar-refractivity contribution < 1.29 is 13.2 Å². The molecule has 1 aromatic rings. The van der Waals surface area contributed by atoms with Gasteiger partial charge in [-0.15, -0.1) is 0 Å². The second kappa shape index (κ2) is 7.06. The maximum Gasteiger partial charge on any atom is 0.252 e. The lowest BCUT2D eigenvalue weighted by molar-refractivity contribution is 0.0950. The Morgan fingerprint density at radius 2 is 2.18 bits per heavy atom. The highest BCUT2D eigenvalue weighted by molar-refractivity contribution is 7.91. The number of hydrogen-bond acceptors (Lipinski definition) is 6. The van der Waals surface area contributed by atoms with Gasteiger partial charge in [-0.25, -0.2) is 8.42 Å². The largest absolute Gasteiger partial charge is 0.380 e. The van der Waals surface area contributed by atoms with Crippen LogP contribution in [0.5, 0.6) is 0 Å². The summed E-state index contributed by atoms with van der Waals surface area (Å²) in [6, 6.07) is 1.59. The minimum Gasteiger partial charge on any atom is -0.380 e. The number of carbonyl (C=O) groups excluding carboxylic acids is 1. The zero-order chi connectivity index (χ0) is 16.2. The third kappa shape index (κ3) is 4.96. The summed E-state index contributed by atoms with van der Waals surface area (Å²) in [4.78, 5) is 18.1. The summed E-state index contributed by atoms with van der Waals surface area (Å²) in [7, 11) is 0.948. The summed E-state index contributed by atoms with van der Waals surface area (Å²) in [5, 5.41) is 5.96. The second-order valence-corrected chi connectivity index (χ2v) is 7.99. The fourth-order valence-corrected chi connectivity index (χ4v) is 3.96. The molecule has 1 atom stereocenters. The lowest BCUT2D eigenvalue weighted by atomic mass is 10.2. The molecule has 0 aliphatic carbocycles. The van der Waals surface area contributed by atoms with E-state index in [4.69, 9.17) is 0 Å². The highest BCUT2D eigenvalue weighted by Gasteiger charge is 2.27. The Hall–Kier alpha value is -1.67. The number of likely N-dealkylation sites (N-methyl/N-ethyl adjacent to an activating group) is 1. The number of hydrogen-bond donors (Lipinski definition) is 2. The van der Waals surface area contributed by atoms with E-state index in [0.29, 0.717) is 24.2 Å². The summed E-state index contributed by atoms with van der Waals surface area (Å²) in [6.45, 7) is 1.32. The molecule has 0 saturated carbocycles. The number of carbonyl (C=O) groups is 1. The number of anilines is 1. The summed E-state index contributed by atoms with van der Waals surface area (Å²) in [5.41, 5.74) is 1.13. The summed E-state index contributed by atoms with van der Waals surface area (Å²) >= 11 is 0. The Labute approximate surface area is 131 Å². The first kappa shape index (κ1) is 16.7. The van der Waals surface area contributed by atoms with E-state index in [9.17, 15) is 13.2 Å². The minimum absolute atomic E-state index is 0.112. The predicted molar refractivity (Wildman–Crippen MR) is 85.8 cm³/mol. The van der Waals surface area contributed by atoms with Gasteiger partial charge in [0.15, 0.2) is 9.84 Å². The van der Waals surface area contributed by atoms with Crippen molar-refractivity contribution in [3.8, 4) is 0 Å². The second-order valence-electron chi connectivity index (χ2n) is 5.77. The zero-order valence-electron chi connectivity index (χ0n) is 12.9. The van der Waals surface area contributed by atoms with E-state index >= 15 is 0 Å². The fourth-order valence-electron chi connectivity index (χ4n) is 2.28. The summed E-state index contributed by atoms with van der Waals surface area (Å²) in [5.74, 6) is 0.159. The van der Waals surface area contributed by atoms with Crippen LogP contribution in [0.4, 0.5) is 5.69 Å². The highest BCUT2D eigenvalue weighted by Crippen LogP contribution is 2.17. The molecule has 2 rings (SSSR count). The van der Waals surface area contributed by atoms with Crippen molar-refractivity contribution in [1.29, 1.82) is 0 Å². The monoisotopic (exact) mass is 326 g/mol. The molecule has 0 bridgehead atoms. The molecule has 1 amide bonds. The smallest absolute Gasteiger partial charge is 0.252 e. The van der Waals surface area contributed by atoms with Gasteiger partial charge in [0.25, 0.3) is 5.91 Å². The van der Waals surface area contributed by atoms with Gasteiger partial charge in [-0.1, -0.05) is 0 Å². The number of pyridine rings is 1. The maximum atomic E-state index is 12.0. The van der Waals surface area contributed by atoms with E-state index in [1.807, 2.05) is 19.0 Å². The van der Waals surface area contributed by atoms with E-state index in [1.165, 1.54) is 6.20 Å². The first-order valence-corrected chi connectivity index (χ1v) is 9.03. The lowest BCUT2D eigenvalue weighted by Gasteiger charge is -2.13. The molecule has 1 aromatic heterocycles. The molecule has 8 heteroatoms. The Bertz CT molecular complexity index is 631. The quantitative estimate of drug-likeness (QED) is 0.763. The van der Waals surface area contributed by atoms with Crippen LogP contribution < -0.4 is 10.6 Å². The van der Waals surface area contributed by atoms with Gasteiger partial charge in [0.1, 0.15) is 0 Å². The summed E-state index contributed by atoms with van der Waals surface area (Å²) < 4.78 is 22.9. The van der Waals surface area contributed by atoms with E-state index in [0.717, 1.165) is 6.54 Å². The van der Waals surface area contributed by atoms with Crippen molar-refractivity contribution in [3.05, 3.63) is 24.0 Å². The average Bonchev–Trinajstić information content (AvgIpc) is 2.77. The number of nitrogens with one attached hydrogen (secondary N) is 2. The molecule has 1 fully saturated rings. The van der Waals surface area contributed by atoms with Gasteiger partial charge in [-0.2, -0.15) is 0 Å². The number of sulfone groups is 1. The predicted octanol–water partition coefficient (Wildman–Crippen LogP) is -0.0280. The molecule has 2 heterocycles. The standard InChI is InChI=1S/C14H22N4O3S/c1-18(2)5-4-16-14(19)11-7-13(9-15-8-11)17-12-3-6-22(20,21)10-12/h7-9,12,17H,3-6,10H2,1-2H3,(H,16,19). The molecule has 0 spiro atoms. The van der Waals surface area contributed by atoms with Crippen molar-refractivity contribution in [1.82, 2.24) is 15.2 Å². The van der Waals surface area contributed by atoms with Crippen LogP contribution in [-0.4, -0.2) is 68.9 Å². The van der Waals surface area contributed by atoms with Gasteiger partial charge in [-0.05, 0) is 26.6 Å². The van der Waals surface area contributed by atoms with Crippen LogP contribution in [0.3, 0.4) is 0 Å². The normalized spacial score (nSPS) is 20.0. The van der Waals surface area contributed by atoms with Crippen LogP contribution in [0.1, 0.15) is 16.8 Å².